The number of ether oxygens (including phenoxy) is 1. The molecule has 1 aromatic carbocycles. The van der Waals surface area contributed by atoms with Crippen LogP contribution < -0.4 is 15.4 Å². The lowest BCUT2D eigenvalue weighted by atomic mass is 10.3. The van der Waals surface area contributed by atoms with Crippen molar-refractivity contribution in [3.63, 3.8) is 0 Å². The number of guanidine groups is 1. The third kappa shape index (κ3) is 4.25. The highest BCUT2D eigenvalue weighted by Gasteiger charge is 2.02. The Morgan fingerprint density at radius 3 is 2.41 bits per heavy atom. The molecule has 0 aliphatic heterocycles. The van der Waals surface area contributed by atoms with Crippen LogP contribution in [0.25, 0.3) is 5.69 Å². The third-order valence-electron chi connectivity index (χ3n) is 3.07. The van der Waals surface area contributed by atoms with Crippen molar-refractivity contribution in [2.45, 2.75) is 20.4 Å². The van der Waals surface area contributed by atoms with Crippen molar-refractivity contribution in [3.8, 4) is 11.4 Å². The fourth-order valence-corrected chi connectivity index (χ4v) is 1.99. The van der Waals surface area contributed by atoms with Crippen LogP contribution in [0, 0.1) is 0 Å². The number of hydrogen-bond donors (Lipinski definition) is 2. The van der Waals surface area contributed by atoms with Gasteiger partial charge in [0.1, 0.15) is 5.75 Å². The summed E-state index contributed by atoms with van der Waals surface area (Å²) < 4.78 is 7.00. The fraction of sp³-hybridized carbons (Fsp3) is 0.375. The molecule has 1 aromatic heterocycles. The first kappa shape index (κ1) is 15.9. The predicted octanol–water partition coefficient (Wildman–Crippen LogP) is 1.96. The quantitative estimate of drug-likeness (QED) is 0.632. The van der Waals surface area contributed by atoms with E-state index in [2.05, 4.69) is 20.7 Å². The van der Waals surface area contributed by atoms with Crippen molar-refractivity contribution < 1.29 is 4.74 Å². The minimum absolute atomic E-state index is 0.540. The van der Waals surface area contributed by atoms with Crippen molar-refractivity contribution in [1.82, 2.24) is 20.4 Å². The fourth-order valence-electron chi connectivity index (χ4n) is 1.99. The average molecular weight is 301 g/mol. The average Bonchev–Trinajstić information content (AvgIpc) is 3.02. The molecule has 0 saturated heterocycles. The van der Waals surface area contributed by atoms with Crippen molar-refractivity contribution in [3.05, 3.63) is 42.2 Å². The summed E-state index contributed by atoms with van der Waals surface area (Å²) in [6.45, 7) is 6.31. The van der Waals surface area contributed by atoms with Crippen LogP contribution in [0.4, 0.5) is 0 Å². The Morgan fingerprint density at radius 1 is 1.14 bits per heavy atom. The summed E-state index contributed by atoms with van der Waals surface area (Å²) >= 11 is 0. The van der Waals surface area contributed by atoms with Gasteiger partial charge in [-0.3, -0.25) is 0 Å². The Morgan fingerprint density at radius 2 is 1.82 bits per heavy atom. The molecule has 0 atom stereocenters. The molecule has 0 aliphatic carbocycles. The Balaban J connectivity index is 2.05. The lowest BCUT2D eigenvalue weighted by molar-refractivity contribution is 0.414. The van der Waals surface area contributed by atoms with Gasteiger partial charge in [-0.25, -0.2) is 9.67 Å². The number of rotatable bonds is 6. The number of nitrogens with one attached hydrogen (secondary N) is 2. The van der Waals surface area contributed by atoms with Gasteiger partial charge >= 0.3 is 0 Å². The summed E-state index contributed by atoms with van der Waals surface area (Å²) in [6.07, 6.45) is 1.94. The molecular weight excluding hydrogens is 278 g/mol. The highest BCUT2D eigenvalue weighted by Crippen LogP contribution is 2.14. The Kier molecular flexibility index (Phi) is 5.82. The molecule has 6 nitrogen and oxygen atoms in total. The standard InChI is InChI=1S/C16H23N5O/c1-4-17-16(18-5-2)19-12-13-10-11-21(20-13)14-6-8-15(22-3)9-7-14/h6-11H,4-5,12H2,1-3H3,(H2,17,18,19). The molecule has 0 fully saturated rings. The molecule has 0 bridgehead atoms. The van der Waals surface area contributed by atoms with Crippen LogP contribution in [0.3, 0.4) is 0 Å². The van der Waals surface area contributed by atoms with Crippen LogP contribution in [-0.2, 0) is 6.54 Å². The van der Waals surface area contributed by atoms with E-state index in [1.165, 1.54) is 0 Å². The van der Waals surface area contributed by atoms with E-state index in [0.717, 1.165) is 36.2 Å². The maximum absolute atomic E-state index is 5.16. The summed E-state index contributed by atoms with van der Waals surface area (Å²) in [6, 6.07) is 9.76. The van der Waals surface area contributed by atoms with Crippen molar-refractivity contribution in [2.75, 3.05) is 20.2 Å². The monoisotopic (exact) mass is 301 g/mol. The first-order chi connectivity index (χ1) is 10.8. The number of benzene rings is 1. The molecule has 0 spiro atoms. The zero-order valence-electron chi connectivity index (χ0n) is 13.3. The minimum Gasteiger partial charge on any atom is -0.497 e. The van der Waals surface area contributed by atoms with Gasteiger partial charge in [0.25, 0.3) is 0 Å². The number of methoxy groups -OCH3 is 1. The summed E-state index contributed by atoms with van der Waals surface area (Å²) in [5.74, 6) is 1.64. The van der Waals surface area contributed by atoms with Gasteiger partial charge in [0, 0.05) is 19.3 Å². The maximum atomic E-state index is 5.16. The molecule has 0 aliphatic rings. The molecule has 22 heavy (non-hydrogen) atoms. The predicted molar refractivity (Wildman–Crippen MR) is 88.6 cm³/mol. The Hall–Kier alpha value is -2.50. The van der Waals surface area contributed by atoms with Gasteiger partial charge in [-0.15, -0.1) is 0 Å². The van der Waals surface area contributed by atoms with E-state index < -0.39 is 0 Å². The zero-order valence-corrected chi connectivity index (χ0v) is 13.3. The van der Waals surface area contributed by atoms with Gasteiger partial charge in [-0.2, -0.15) is 5.10 Å². The maximum Gasteiger partial charge on any atom is 0.191 e. The van der Waals surface area contributed by atoms with Crippen LogP contribution in [0.5, 0.6) is 5.75 Å². The molecule has 0 amide bonds. The molecule has 0 saturated carbocycles. The SMILES string of the molecule is CCNC(=NCc1ccn(-c2ccc(OC)cc2)n1)NCC. The number of aliphatic imine (C=N–C) groups is 1. The van der Waals surface area contributed by atoms with Crippen molar-refractivity contribution >= 4 is 5.96 Å². The van der Waals surface area contributed by atoms with Gasteiger partial charge in [-0.1, -0.05) is 0 Å². The lowest BCUT2D eigenvalue weighted by Crippen LogP contribution is -2.36. The van der Waals surface area contributed by atoms with Gasteiger partial charge < -0.3 is 15.4 Å². The second kappa shape index (κ2) is 8.07. The van der Waals surface area contributed by atoms with Crippen molar-refractivity contribution in [2.24, 2.45) is 4.99 Å². The first-order valence-electron chi connectivity index (χ1n) is 7.48. The third-order valence-corrected chi connectivity index (χ3v) is 3.07. The van der Waals surface area contributed by atoms with E-state index >= 15 is 0 Å². The van der Waals surface area contributed by atoms with E-state index in [-0.39, 0.29) is 0 Å². The number of aromatic nitrogens is 2. The lowest BCUT2D eigenvalue weighted by Gasteiger charge is -2.08. The highest BCUT2D eigenvalue weighted by molar-refractivity contribution is 5.79. The highest BCUT2D eigenvalue weighted by atomic mass is 16.5. The van der Waals surface area contributed by atoms with E-state index in [1.807, 2.05) is 55.1 Å². The first-order valence-corrected chi connectivity index (χ1v) is 7.48. The zero-order chi connectivity index (χ0) is 15.8. The largest absolute Gasteiger partial charge is 0.497 e. The van der Waals surface area contributed by atoms with Crippen LogP contribution in [0.1, 0.15) is 19.5 Å². The molecule has 118 valence electrons. The van der Waals surface area contributed by atoms with Crippen LogP contribution in [0.2, 0.25) is 0 Å². The molecule has 6 heteroatoms. The van der Waals surface area contributed by atoms with Crippen LogP contribution >= 0.6 is 0 Å². The summed E-state index contributed by atoms with van der Waals surface area (Å²) in [5.41, 5.74) is 1.92. The Labute approximate surface area is 131 Å². The van der Waals surface area contributed by atoms with E-state index in [0.29, 0.717) is 6.54 Å². The van der Waals surface area contributed by atoms with Gasteiger partial charge in [-0.05, 0) is 44.2 Å². The number of nitrogens with zero attached hydrogens (tertiary/aromatic N) is 3. The molecule has 2 N–H and O–H groups in total. The van der Waals surface area contributed by atoms with Crippen molar-refractivity contribution in [1.29, 1.82) is 0 Å². The molecule has 2 aromatic rings. The second-order valence-electron chi connectivity index (χ2n) is 4.68. The molecular formula is C16H23N5O. The summed E-state index contributed by atoms with van der Waals surface area (Å²) in [4.78, 5) is 4.51. The van der Waals surface area contributed by atoms with E-state index in [9.17, 15) is 0 Å². The van der Waals surface area contributed by atoms with E-state index in [4.69, 9.17) is 4.74 Å². The topological polar surface area (TPSA) is 63.5 Å². The number of hydrogen-bond acceptors (Lipinski definition) is 3. The van der Waals surface area contributed by atoms with Gasteiger partial charge in [0.15, 0.2) is 5.96 Å². The molecule has 0 unspecified atom stereocenters. The molecule has 1 heterocycles. The normalized spacial score (nSPS) is 10.1. The van der Waals surface area contributed by atoms with Crippen LogP contribution in [0.15, 0.2) is 41.5 Å². The van der Waals surface area contributed by atoms with Gasteiger partial charge in [0.05, 0.1) is 25.0 Å². The smallest absolute Gasteiger partial charge is 0.191 e. The van der Waals surface area contributed by atoms with Crippen LogP contribution in [-0.4, -0.2) is 35.9 Å². The summed E-state index contributed by atoms with van der Waals surface area (Å²) in [7, 11) is 1.66. The summed E-state index contributed by atoms with van der Waals surface area (Å²) in [5, 5.41) is 10.9. The van der Waals surface area contributed by atoms with Gasteiger partial charge in [0.2, 0.25) is 0 Å². The molecule has 2 rings (SSSR count). The van der Waals surface area contributed by atoms with E-state index in [1.54, 1.807) is 7.11 Å². The Bertz CT molecular complexity index is 595. The minimum atomic E-state index is 0.540. The molecule has 0 radical (unpaired) electrons. The second-order valence-corrected chi connectivity index (χ2v) is 4.68.